The molecule has 1 aliphatic heterocycles. The van der Waals surface area contributed by atoms with Crippen LogP contribution < -0.4 is 5.73 Å². The van der Waals surface area contributed by atoms with E-state index < -0.39 is 0 Å². The van der Waals surface area contributed by atoms with Gasteiger partial charge in [-0.1, -0.05) is 31.4 Å². The minimum absolute atomic E-state index is 0.713. The van der Waals surface area contributed by atoms with Crippen LogP contribution in [0.2, 0.25) is 0 Å². The molecule has 1 heterocycles. The lowest BCUT2D eigenvalue weighted by Crippen LogP contribution is -2.40. The van der Waals surface area contributed by atoms with E-state index in [1.54, 1.807) is 0 Å². The smallest absolute Gasteiger partial charge is 0.0317 e. The summed E-state index contributed by atoms with van der Waals surface area (Å²) in [5.41, 5.74) is 8.82. The summed E-state index contributed by atoms with van der Waals surface area (Å²) in [6, 6.07) is 8.35. The van der Waals surface area contributed by atoms with Gasteiger partial charge in [0.2, 0.25) is 0 Å². The highest BCUT2D eigenvalue weighted by Gasteiger charge is 2.35. The summed E-state index contributed by atoms with van der Waals surface area (Å²) < 4.78 is 0. The molecule has 0 amide bonds. The number of nitrogens with zero attached hydrogens (tertiary/aromatic N) is 1. The molecule has 2 N–H and O–H groups in total. The van der Waals surface area contributed by atoms with Crippen LogP contribution >= 0.6 is 0 Å². The first-order valence-electron chi connectivity index (χ1n) is 7.83. The van der Waals surface area contributed by atoms with Crippen LogP contribution in [0.4, 0.5) is 5.69 Å². The predicted molar refractivity (Wildman–Crippen MR) is 80.9 cm³/mol. The highest BCUT2D eigenvalue weighted by molar-refractivity contribution is 5.40. The van der Waals surface area contributed by atoms with Crippen LogP contribution in [0, 0.1) is 5.41 Å². The maximum atomic E-state index is 5.86. The Bertz CT molecular complexity index is 411. The van der Waals surface area contributed by atoms with Crippen molar-refractivity contribution in [1.29, 1.82) is 0 Å². The number of likely N-dealkylation sites (tertiary alicyclic amines) is 1. The summed E-state index contributed by atoms with van der Waals surface area (Å²) in [6.45, 7) is 3.62. The van der Waals surface area contributed by atoms with E-state index in [2.05, 4.69) is 23.1 Å². The molecule has 104 valence electrons. The Morgan fingerprint density at radius 3 is 2.42 bits per heavy atom. The average Bonchev–Trinajstić information content (AvgIpc) is 2.43. The fraction of sp³-hybridized carbons (Fsp3) is 0.647. The van der Waals surface area contributed by atoms with Crippen LogP contribution in [-0.4, -0.2) is 18.0 Å². The molecule has 1 spiro atoms. The fourth-order valence-corrected chi connectivity index (χ4v) is 3.94. The highest BCUT2D eigenvalue weighted by Crippen LogP contribution is 2.44. The van der Waals surface area contributed by atoms with Crippen molar-refractivity contribution in [2.24, 2.45) is 5.41 Å². The molecule has 0 unspecified atom stereocenters. The lowest BCUT2D eigenvalue weighted by atomic mass is 9.68. The molecule has 0 bridgehead atoms. The Morgan fingerprint density at radius 2 is 1.74 bits per heavy atom. The average molecular weight is 258 g/mol. The van der Waals surface area contributed by atoms with Crippen LogP contribution in [0.3, 0.4) is 0 Å². The maximum absolute atomic E-state index is 5.86. The van der Waals surface area contributed by atoms with Crippen LogP contribution in [0.5, 0.6) is 0 Å². The molecular formula is C17H26N2. The van der Waals surface area contributed by atoms with Gasteiger partial charge in [-0.05, 0) is 61.9 Å². The van der Waals surface area contributed by atoms with Gasteiger partial charge in [-0.2, -0.15) is 0 Å². The van der Waals surface area contributed by atoms with Crippen LogP contribution in [0.1, 0.15) is 50.5 Å². The van der Waals surface area contributed by atoms with Crippen LogP contribution in [-0.2, 0) is 6.54 Å². The molecule has 1 saturated heterocycles. The van der Waals surface area contributed by atoms with E-state index in [0.29, 0.717) is 5.41 Å². The Kier molecular flexibility index (Phi) is 3.79. The first kappa shape index (κ1) is 13.0. The van der Waals surface area contributed by atoms with Crippen molar-refractivity contribution in [3.8, 4) is 0 Å². The van der Waals surface area contributed by atoms with Gasteiger partial charge >= 0.3 is 0 Å². The topological polar surface area (TPSA) is 29.3 Å². The number of hydrogen-bond acceptors (Lipinski definition) is 2. The normalized spacial score (nSPS) is 23.6. The van der Waals surface area contributed by atoms with Crippen molar-refractivity contribution in [2.45, 2.75) is 51.5 Å². The fourth-order valence-electron chi connectivity index (χ4n) is 3.94. The SMILES string of the molecule is Nc1cccc(CN2CCC3(CCCCC3)CC2)c1. The molecule has 2 fully saturated rings. The van der Waals surface area contributed by atoms with Gasteiger partial charge in [-0.15, -0.1) is 0 Å². The lowest BCUT2D eigenvalue weighted by Gasteiger charge is -2.44. The van der Waals surface area contributed by atoms with Crippen molar-refractivity contribution < 1.29 is 0 Å². The number of rotatable bonds is 2. The first-order valence-corrected chi connectivity index (χ1v) is 7.83. The first-order chi connectivity index (χ1) is 9.26. The second kappa shape index (κ2) is 5.54. The van der Waals surface area contributed by atoms with Gasteiger partial charge in [-0.25, -0.2) is 0 Å². The lowest BCUT2D eigenvalue weighted by molar-refractivity contribution is 0.0641. The minimum atomic E-state index is 0.713. The second-order valence-corrected chi connectivity index (χ2v) is 6.58. The summed E-state index contributed by atoms with van der Waals surface area (Å²) in [7, 11) is 0. The molecule has 2 heteroatoms. The van der Waals surface area contributed by atoms with Crippen molar-refractivity contribution in [2.75, 3.05) is 18.8 Å². The zero-order valence-electron chi connectivity index (χ0n) is 11.9. The predicted octanol–water partition coefficient (Wildman–Crippen LogP) is 3.82. The molecule has 19 heavy (non-hydrogen) atoms. The highest BCUT2D eigenvalue weighted by atomic mass is 15.1. The second-order valence-electron chi connectivity index (χ2n) is 6.58. The Morgan fingerprint density at radius 1 is 1.00 bits per heavy atom. The summed E-state index contributed by atoms with van der Waals surface area (Å²) in [6.07, 6.45) is 10.2. The number of anilines is 1. The Balaban J connectivity index is 1.55. The third-order valence-electron chi connectivity index (χ3n) is 5.19. The minimum Gasteiger partial charge on any atom is -0.399 e. The van der Waals surface area contributed by atoms with Gasteiger partial charge in [0.1, 0.15) is 0 Å². The number of piperidine rings is 1. The van der Waals surface area contributed by atoms with E-state index in [-0.39, 0.29) is 0 Å². The molecule has 1 saturated carbocycles. The summed E-state index contributed by atoms with van der Waals surface area (Å²) in [4.78, 5) is 2.61. The molecule has 2 nitrogen and oxygen atoms in total. The van der Waals surface area contributed by atoms with E-state index in [4.69, 9.17) is 5.73 Å². The third kappa shape index (κ3) is 3.11. The standard InChI is InChI=1S/C17H26N2/c18-16-6-4-5-15(13-16)14-19-11-9-17(10-12-19)7-2-1-3-8-17/h4-6,13H,1-3,7-12,14,18H2. The quantitative estimate of drug-likeness (QED) is 0.817. The maximum Gasteiger partial charge on any atom is 0.0317 e. The van der Waals surface area contributed by atoms with Gasteiger partial charge in [0.05, 0.1) is 0 Å². The summed E-state index contributed by atoms with van der Waals surface area (Å²) >= 11 is 0. The van der Waals surface area contributed by atoms with E-state index in [9.17, 15) is 0 Å². The van der Waals surface area contributed by atoms with Crippen molar-refractivity contribution in [3.63, 3.8) is 0 Å². The number of nitrogens with two attached hydrogens (primary N) is 1. The van der Waals surface area contributed by atoms with Gasteiger partial charge in [-0.3, -0.25) is 4.90 Å². The summed E-state index contributed by atoms with van der Waals surface area (Å²) in [5.74, 6) is 0. The van der Waals surface area contributed by atoms with E-state index in [1.165, 1.54) is 63.6 Å². The van der Waals surface area contributed by atoms with Gasteiger partial charge in [0.25, 0.3) is 0 Å². The van der Waals surface area contributed by atoms with E-state index >= 15 is 0 Å². The van der Waals surface area contributed by atoms with Crippen LogP contribution in [0.25, 0.3) is 0 Å². The van der Waals surface area contributed by atoms with Gasteiger partial charge in [0.15, 0.2) is 0 Å². The third-order valence-corrected chi connectivity index (χ3v) is 5.19. The van der Waals surface area contributed by atoms with Crippen LogP contribution in [0.15, 0.2) is 24.3 Å². The molecule has 3 rings (SSSR count). The molecule has 1 aromatic rings. The molecule has 2 aliphatic rings. The number of benzene rings is 1. The zero-order valence-corrected chi connectivity index (χ0v) is 11.9. The summed E-state index contributed by atoms with van der Waals surface area (Å²) in [5, 5.41) is 0. The Hall–Kier alpha value is -1.02. The van der Waals surface area contributed by atoms with Crippen molar-refractivity contribution in [3.05, 3.63) is 29.8 Å². The van der Waals surface area contributed by atoms with E-state index in [0.717, 1.165) is 12.2 Å². The molecule has 0 radical (unpaired) electrons. The van der Waals surface area contributed by atoms with E-state index in [1.807, 2.05) is 6.07 Å². The zero-order chi connectivity index (χ0) is 13.1. The molecule has 1 aliphatic carbocycles. The molecule has 1 aromatic carbocycles. The molecule has 0 atom stereocenters. The molecule has 0 aromatic heterocycles. The molecular weight excluding hydrogens is 232 g/mol. The Labute approximate surface area is 117 Å². The van der Waals surface area contributed by atoms with Gasteiger partial charge < -0.3 is 5.73 Å². The largest absolute Gasteiger partial charge is 0.399 e. The number of hydrogen-bond donors (Lipinski definition) is 1. The number of nitrogen functional groups attached to an aromatic ring is 1. The van der Waals surface area contributed by atoms with Gasteiger partial charge in [0, 0.05) is 12.2 Å². The van der Waals surface area contributed by atoms with Crippen molar-refractivity contribution in [1.82, 2.24) is 4.90 Å². The monoisotopic (exact) mass is 258 g/mol. The van der Waals surface area contributed by atoms with Crippen molar-refractivity contribution >= 4 is 5.69 Å².